The van der Waals surface area contributed by atoms with Crippen molar-refractivity contribution in [3.8, 4) is 0 Å². The molecule has 9 heteroatoms. The predicted molar refractivity (Wildman–Crippen MR) is 66.8 cm³/mol. The Morgan fingerprint density at radius 1 is 1.14 bits per heavy atom. The molecule has 21 heavy (non-hydrogen) atoms. The van der Waals surface area contributed by atoms with Crippen molar-refractivity contribution in [2.24, 2.45) is 11.7 Å². The lowest BCUT2D eigenvalue weighted by Crippen LogP contribution is -2.40. The lowest BCUT2D eigenvalue weighted by atomic mass is 10.1. The van der Waals surface area contributed by atoms with Gasteiger partial charge in [0.05, 0.1) is 0 Å². The van der Waals surface area contributed by atoms with Crippen LogP contribution in [-0.4, -0.2) is 21.0 Å². The van der Waals surface area contributed by atoms with Gasteiger partial charge in [0.15, 0.2) is 28.2 Å². The zero-order chi connectivity index (χ0) is 15.8. The van der Waals surface area contributed by atoms with E-state index in [4.69, 9.17) is 5.73 Å². The second-order valence-electron chi connectivity index (χ2n) is 4.95. The number of nitrogens with one attached hydrogen (secondary N) is 1. The second kappa shape index (κ2) is 5.90. The molecule has 0 heterocycles. The first-order valence-corrected chi connectivity index (χ1v) is 7.81. The van der Waals surface area contributed by atoms with Gasteiger partial charge in [-0.05, 0) is 25.3 Å². The van der Waals surface area contributed by atoms with E-state index in [2.05, 4.69) is 4.72 Å². The fraction of sp³-hybridized carbons (Fsp3) is 0.500. The number of nitrogens with two attached hydrogens (primary N) is 1. The summed E-state index contributed by atoms with van der Waals surface area (Å²) in [4.78, 5) is -1.64. The highest BCUT2D eigenvalue weighted by atomic mass is 32.2. The number of sulfonamides is 1. The first kappa shape index (κ1) is 16.2. The van der Waals surface area contributed by atoms with Gasteiger partial charge in [-0.1, -0.05) is 6.42 Å². The van der Waals surface area contributed by atoms with Crippen LogP contribution in [0.5, 0.6) is 0 Å². The van der Waals surface area contributed by atoms with Crippen molar-refractivity contribution in [3.05, 3.63) is 29.3 Å². The molecular weight excluding hydrogens is 312 g/mol. The number of hydrogen-bond acceptors (Lipinski definition) is 3. The van der Waals surface area contributed by atoms with E-state index in [9.17, 15) is 26.0 Å². The van der Waals surface area contributed by atoms with Crippen LogP contribution in [0.1, 0.15) is 19.3 Å². The first-order chi connectivity index (χ1) is 9.77. The quantitative estimate of drug-likeness (QED) is 0.653. The van der Waals surface area contributed by atoms with Gasteiger partial charge < -0.3 is 5.73 Å². The van der Waals surface area contributed by atoms with Crippen LogP contribution < -0.4 is 10.5 Å². The van der Waals surface area contributed by atoms with E-state index in [0.717, 1.165) is 0 Å². The molecule has 1 aliphatic carbocycles. The molecule has 0 aliphatic heterocycles. The summed E-state index contributed by atoms with van der Waals surface area (Å²) >= 11 is 0. The SMILES string of the molecule is NCC1CCCC1NS(=O)(=O)c1c(F)c(F)cc(F)c1F. The van der Waals surface area contributed by atoms with Gasteiger partial charge in [-0.2, -0.15) is 0 Å². The Morgan fingerprint density at radius 3 is 2.24 bits per heavy atom. The lowest BCUT2D eigenvalue weighted by Gasteiger charge is -2.20. The van der Waals surface area contributed by atoms with E-state index in [1.54, 1.807) is 0 Å². The van der Waals surface area contributed by atoms with E-state index in [1.165, 1.54) is 0 Å². The Labute approximate surface area is 119 Å². The Hall–Kier alpha value is -1.19. The highest BCUT2D eigenvalue weighted by Gasteiger charge is 2.35. The average Bonchev–Trinajstić information content (AvgIpc) is 2.82. The second-order valence-corrected chi connectivity index (χ2v) is 6.60. The molecule has 3 N–H and O–H groups in total. The third-order valence-corrected chi connectivity index (χ3v) is 5.12. The van der Waals surface area contributed by atoms with Gasteiger partial charge in [0.25, 0.3) is 0 Å². The van der Waals surface area contributed by atoms with Gasteiger partial charge >= 0.3 is 0 Å². The standard InChI is InChI=1S/C12H14F4N2O2S/c13-7-4-8(14)11(16)12(10(7)15)21(19,20)18-9-3-1-2-6(9)5-17/h4,6,9,18H,1-3,5,17H2. The summed E-state index contributed by atoms with van der Waals surface area (Å²) in [6.45, 7) is 0.204. The number of halogens is 4. The maximum atomic E-state index is 13.6. The molecule has 2 unspecified atom stereocenters. The molecule has 1 aromatic rings. The van der Waals surface area contributed by atoms with E-state index >= 15 is 0 Å². The van der Waals surface area contributed by atoms with Crippen LogP contribution in [0.25, 0.3) is 0 Å². The number of benzene rings is 1. The zero-order valence-electron chi connectivity index (χ0n) is 10.9. The van der Waals surface area contributed by atoms with Crippen molar-refractivity contribution in [1.82, 2.24) is 4.72 Å². The highest BCUT2D eigenvalue weighted by molar-refractivity contribution is 7.89. The fourth-order valence-corrected chi connectivity index (χ4v) is 4.01. The van der Waals surface area contributed by atoms with Crippen molar-refractivity contribution >= 4 is 10.0 Å². The minimum absolute atomic E-state index is 0.0397. The van der Waals surface area contributed by atoms with Gasteiger partial charge in [0.1, 0.15) is 0 Å². The molecule has 1 saturated carbocycles. The molecule has 2 rings (SSSR count). The Morgan fingerprint density at radius 2 is 1.71 bits per heavy atom. The van der Waals surface area contributed by atoms with Crippen molar-refractivity contribution in [3.63, 3.8) is 0 Å². The number of rotatable bonds is 4. The summed E-state index contributed by atoms with van der Waals surface area (Å²) in [6.07, 6.45) is 1.83. The minimum Gasteiger partial charge on any atom is -0.330 e. The van der Waals surface area contributed by atoms with Gasteiger partial charge in [-0.3, -0.25) is 0 Å². The molecule has 0 radical (unpaired) electrons. The maximum absolute atomic E-state index is 13.6. The van der Waals surface area contributed by atoms with E-state index in [0.29, 0.717) is 19.3 Å². The van der Waals surface area contributed by atoms with Crippen LogP contribution in [0.3, 0.4) is 0 Å². The molecular formula is C12H14F4N2O2S. The summed E-state index contributed by atoms with van der Waals surface area (Å²) in [5, 5.41) is 0. The molecule has 0 amide bonds. The smallest absolute Gasteiger partial charge is 0.246 e. The van der Waals surface area contributed by atoms with Gasteiger partial charge in [0, 0.05) is 12.1 Å². The summed E-state index contributed by atoms with van der Waals surface area (Å²) in [5.41, 5.74) is 5.49. The third kappa shape index (κ3) is 3.04. The molecule has 1 aromatic carbocycles. The Balaban J connectivity index is 2.41. The summed E-state index contributed by atoms with van der Waals surface area (Å²) < 4.78 is 79.5. The predicted octanol–water partition coefficient (Wildman–Crippen LogP) is 1.65. The first-order valence-electron chi connectivity index (χ1n) is 6.33. The molecule has 118 valence electrons. The van der Waals surface area contributed by atoms with Crippen LogP contribution in [0, 0.1) is 29.2 Å². The molecule has 2 atom stereocenters. The lowest BCUT2D eigenvalue weighted by molar-refractivity contribution is 0.411. The van der Waals surface area contributed by atoms with Gasteiger partial charge in [-0.25, -0.2) is 30.7 Å². The zero-order valence-corrected chi connectivity index (χ0v) is 11.7. The largest absolute Gasteiger partial charge is 0.330 e. The molecule has 0 spiro atoms. The van der Waals surface area contributed by atoms with Crippen LogP contribution in [0.2, 0.25) is 0 Å². The molecule has 4 nitrogen and oxygen atoms in total. The van der Waals surface area contributed by atoms with Crippen molar-refractivity contribution in [1.29, 1.82) is 0 Å². The van der Waals surface area contributed by atoms with E-state index < -0.39 is 44.2 Å². The molecule has 0 saturated heterocycles. The minimum atomic E-state index is -4.73. The molecule has 0 aromatic heterocycles. The van der Waals surface area contributed by atoms with Crippen LogP contribution in [0.4, 0.5) is 17.6 Å². The molecule has 1 aliphatic rings. The Kier molecular flexibility index (Phi) is 4.54. The Bertz CT molecular complexity index is 625. The average molecular weight is 326 g/mol. The molecule has 1 fully saturated rings. The summed E-state index contributed by atoms with van der Waals surface area (Å²) in [6, 6.07) is -0.646. The van der Waals surface area contributed by atoms with Crippen molar-refractivity contribution in [2.45, 2.75) is 30.2 Å². The van der Waals surface area contributed by atoms with Crippen LogP contribution in [0.15, 0.2) is 11.0 Å². The normalized spacial score (nSPS) is 22.7. The summed E-state index contributed by atoms with van der Waals surface area (Å²) in [5.74, 6) is -7.59. The monoisotopic (exact) mass is 326 g/mol. The maximum Gasteiger partial charge on any atom is 0.246 e. The topological polar surface area (TPSA) is 72.2 Å². The molecule has 0 bridgehead atoms. The third-order valence-electron chi connectivity index (χ3n) is 3.61. The van der Waals surface area contributed by atoms with E-state index in [1.807, 2.05) is 0 Å². The fourth-order valence-electron chi connectivity index (χ4n) is 2.52. The van der Waals surface area contributed by atoms with Gasteiger partial charge in [-0.15, -0.1) is 0 Å². The van der Waals surface area contributed by atoms with E-state index in [-0.39, 0.29) is 18.5 Å². The highest BCUT2D eigenvalue weighted by Crippen LogP contribution is 2.28. The number of hydrogen-bond donors (Lipinski definition) is 2. The van der Waals surface area contributed by atoms with Crippen LogP contribution >= 0.6 is 0 Å². The van der Waals surface area contributed by atoms with Crippen molar-refractivity contribution in [2.75, 3.05) is 6.54 Å². The summed E-state index contributed by atoms with van der Waals surface area (Å²) in [7, 11) is -4.73. The van der Waals surface area contributed by atoms with Crippen molar-refractivity contribution < 1.29 is 26.0 Å². The van der Waals surface area contributed by atoms with Gasteiger partial charge in [0.2, 0.25) is 10.0 Å². The van der Waals surface area contributed by atoms with Crippen LogP contribution in [-0.2, 0) is 10.0 Å².